The van der Waals surface area contributed by atoms with E-state index in [2.05, 4.69) is 10.2 Å². The van der Waals surface area contributed by atoms with Gasteiger partial charge in [0.05, 0.1) is 0 Å². The van der Waals surface area contributed by atoms with Crippen molar-refractivity contribution < 1.29 is 9.59 Å². The molecule has 3 fully saturated rings. The molecule has 3 amide bonds. The van der Waals surface area contributed by atoms with Gasteiger partial charge in [0, 0.05) is 19.6 Å². The van der Waals surface area contributed by atoms with Gasteiger partial charge in [-0.15, -0.1) is 0 Å². The number of fused-ring (bicyclic) bond motifs is 1. The van der Waals surface area contributed by atoms with Gasteiger partial charge in [0.15, 0.2) is 0 Å². The highest BCUT2D eigenvalue weighted by molar-refractivity contribution is 6.06. The fourth-order valence-electron chi connectivity index (χ4n) is 4.14. The number of rotatable bonds is 3. The number of piperidine rings is 1. The van der Waals surface area contributed by atoms with E-state index in [-0.39, 0.29) is 11.9 Å². The van der Waals surface area contributed by atoms with Crippen LogP contribution in [0.4, 0.5) is 4.79 Å². The molecule has 3 rings (SSSR count). The second-order valence-electron chi connectivity index (χ2n) is 7.41. The molecule has 5 nitrogen and oxygen atoms in total. The maximum atomic E-state index is 12.2. The third-order valence-electron chi connectivity index (χ3n) is 5.46. The molecule has 2 heterocycles. The Hall–Kier alpha value is -1.10. The van der Waals surface area contributed by atoms with Crippen LogP contribution in [0, 0.1) is 11.8 Å². The Labute approximate surface area is 127 Å². The third-order valence-corrected chi connectivity index (χ3v) is 5.46. The van der Waals surface area contributed by atoms with Crippen molar-refractivity contribution in [1.29, 1.82) is 0 Å². The Balaban J connectivity index is 1.52. The minimum absolute atomic E-state index is 0.0972. The second kappa shape index (κ2) is 5.59. The number of hydrogen-bond acceptors (Lipinski definition) is 3. The van der Waals surface area contributed by atoms with Gasteiger partial charge in [-0.05, 0) is 45.1 Å². The zero-order valence-electron chi connectivity index (χ0n) is 13.2. The van der Waals surface area contributed by atoms with Crippen molar-refractivity contribution in [2.24, 2.45) is 11.8 Å². The standard InChI is InChI=1S/C16H27N3O2/c1-16(2)14(20)19(15(21)17-16)10-9-18-8-7-12-5-3-4-6-13(12)11-18/h12-13H,3-11H2,1-2H3,(H,17,21)/t12-,13-/m1/s1. The number of hydrogen-bond donors (Lipinski definition) is 1. The molecule has 2 atom stereocenters. The molecule has 2 aliphatic heterocycles. The first-order valence-corrected chi connectivity index (χ1v) is 8.34. The van der Waals surface area contributed by atoms with Crippen molar-refractivity contribution in [3.8, 4) is 0 Å². The van der Waals surface area contributed by atoms with Crippen molar-refractivity contribution in [3.05, 3.63) is 0 Å². The zero-order chi connectivity index (χ0) is 15.0. The van der Waals surface area contributed by atoms with Crippen molar-refractivity contribution in [2.45, 2.75) is 51.5 Å². The highest BCUT2D eigenvalue weighted by Gasteiger charge is 2.44. The van der Waals surface area contributed by atoms with E-state index in [0.29, 0.717) is 6.54 Å². The number of imide groups is 1. The SMILES string of the molecule is CC1(C)NC(=O)N(CCN2CC[C@H]3CCCC[C@@H]3C2)C1=O. The average Bonchev–Trinajstić information content (AvgIpc) is 2.65. The Morgan fingerprint density at radius 1 is 1.10 bits per heavy atom. The summed E-state index contributed by atoms with van der Waals surface area (Å²) in [5, 5.41) is 2.74. The van der Waals surface area contributed by atoms with Gasteiger partial charge in [-0.25, -0.2) is 4.79 Å². The van der Waals surface area contributed by atoms with Gasteiger partial charge in [0.25, 0.3) is 5.91 Å². The van der Waals surface area contributed by atoms with E-state index in [1.807, 2.05) is 0 Å². The van der Waals surface area contributed by atoms with Crippen LogP contribution in [0.15, 0.2) is 0 Å². The molecule has 5 heteroatoms. The fraction of sp³-hybridized carbons (Fsp3) is 0.875. The van der Waals surface area contributed by atoms with Gasteiger partial charge in [-0.2, -0.15) is 0 Å². The smallest absolute Gasteiger partial charge is 0.324 e. The van der Waals surface area contributed by atoms with Crippen LogP contribution in [0.5, 0.6) is 0 Å². The van der Waals surface area contributed by atoms with Crippen molar-refractivity contribution in [1.82, 2.24) is 15.1 Å². The first kappa shape index (κ1) is 14.8. The topological polar surface area (TPSA) is 52.7 Å². The molecule has 0 bridgehead atoms. The van der Waals surface area contributed by atoms with Gasteiger partial charge in [-0.1, -0.05) is 19.3 Å². The number of carbonyl (C=O) groups excluding carboxylic acids is 2. The van der Waals surface area contributed by atoms with Crippen LogP contribution < -0.4 is 5.32 Å². The quantitative estimate of drug-likeness (QED) is 0.808. The van der Waals surface area contributed by atoms with Crippen LogP contribution >= 0.6 is 0 Å². The van der Waals surface area contributed by atoms with E-state index < -0.39 is 5.54 Å². The summed E-state index contributed by atoms with van der Waals surface area (Å²) in [6.07, 6.45) is 6.82. The Morgan fingerprint density at radius 2 is 1.81 bits per heavy atom. The van der Waals surface area contributed by atoms with Crippen molar-refractivity contribution in [2.75, 3.05) is 26.2 Å². The highest BCUT2D eigenvalue weighted by Crippen LogP contribution is 2.35. The number of carbonyl (C=O) groups is 2. The molecule has 0 unspecified atom stereocenters. The minimum Gasteiger partial charge on any atom is -0.324 e. The molecule has 1 aliphatic carbocycles. The Kier molecular flexibility index (Phi) is 3.95. The lowest BCUT2D eigenvalue weighted by atomic mass is 9.75. The van der Waals surface area contributed by atoms with Gasteiger partial charge < -0.3 is 10.2 Å². The maximum Gasteiger partial charge on any atom is 0.325 e. The summed E-state index contributed by atoms with van der Waals surface area (Å²) in [6, 6.07) is -0.238. The Bertz CT molecular complexity index is 435. The van der Waals surface area contributed by atoms with Gasteiger partial charge in [0.2, 0.25) is 0 Å². The largest absolute Gasteiger partial charge is 0.325 e. The first-order valence-electron chi connectivity index (χ1n) is 8.34. The molecular formula is C16H27N3O2. The third kappa shape index (κ3) is 2.93. The molecule has 0 aromatic carbocycles. The van der Waals surface area contributed by atoms with E-state index >= 15 is 0 Å². The van der Waals surface area contributed by atoms with Crippen LogP contribution in [-0.2, 0) is 4.79 Å². The van der Waals surface area contributed by atoms with E-state index in [1.165, 1.54) is 37.0 Å². The molecule has 1 N–H and O–H groups in total. The molecule has 3 aliphatic rings. The number of urea groups is 1. The van der Waals surface area contributed by atoms with E-state index in [0.717, 1.165) is 31.5 Å². The summed E-state index contributed by atoms with van der Waals surface area (Å²) < 4.78 is 0. The van der Waals surface area contributed by atoms with Crippen LogP contribution in [-0.4, -0.2) is 53.5 Å². The van der Waals surface area contributed by atoms with Crippen molar-refractivity contribution >= 4 is 11.9 Å². The van der Waals surface area contributed by atoms with Gasteiger partial charge >= 0.3 is 6.03 Å². The van der Waals surface area contributed by atoms with E-state index in [9.17, 15) is 9.59 Å². The normalized spacial score (nSPS) is 33.0. The van der Waals surface area contributed by atoms with Crippen LogP contribution in [0.3, 0.4) is 0 Å². The van der Waals surface area contributed by atoms with Gasteiger partial charge in [-0.3, -0.25) is 9.69 Å². The minimum atomic E-state index is -0.743. The molecule has 0 spiro atoms. The fourth-order valence-corrected chi connectivity index (χ4v) is 4.14. The molecule has 1 saturated carbocycles. The lowest BCUT2D eigenvalue weighted by Gasteiger charge is -2.41. The highest BCUT2D eigenvalue weighted by atomic mass is 16.2. The van der Waals surface area contributed by atoms with E-state index in [1.54, 1.807) is 13.8 Å². The predicted molar refractivity (Wildman–Crippen MR) is 80.8 cm³/mol. The second-order valence-corrected chi connectivity index (χ2v) is 7.41. The van der Waals surface area contributed by atoms with Gasteiger partial charge in [0.1, 0.15) is 5.54 Å². The summed E-state index contributed by atoms with van der Waals surface area (Å²) in [5.74, 6) is 1.66. The predicted octanol–water partition coefficient (Wildman–Crippen LogP) is 1.83. The summed E-state index contributed by atoms with van der Waals surface area (Å²) in [4.78, 5) is 27.9. The lowest BCUT2D eigenvalue weighted by molar-refractivity contribution is -0.130. The summed E-state index contributed by atoms with van der Waals surface area (Å²) in [6.45, 7) is 7.14. The first-order chi connectivity index (χ1) is 9.97. The van der Waals surface area contributed by atoms with Crippen LogP contribution in [0.1, 0.15) is 46.0 Å². The van der Waals surface area contributed by atoms with Crippen LogP contribution in [0.25, 0.3) is 0 Å². The molecule has 2 saturated heterocycles. The molecular weight excluding hydrogens is 266 g/mol. The summed E-state index contributed by atoms with van der Waals surface area (Å²) in [5.41, 5.74) is -0.743. The maximum absolute atomic E-state index is 12.2. The number of nitrogens with zero attached hydrogens (tertiary/aromatic N) is 2. The molecule has 0 radical (unpaired) electrons. The number of likely N-dealkylation sites (tertiary alicyclic amines) is 1. The monoisotopic (exact) mass is 293 g/mol. The molecule has 0 aromatic rings. The number of amides is 3. The zero-order valence-corrected chi connectivity index (χ0v) is 13.2. The summed E-state index contributed by atoms with van der Waals surface area (Å²) in [7, 11) is 0. The van der Waals surface area contributed by atoms with Crippen LogP contribution in [0.2, 0.25) is 0 Å². The molecule has 21 heavy (non-hydrogen) atoms. The van der Waals surface area contributed by atoms with E-state index in [4.69, 9.17) is 0 Å². The lowest BCUT2D eigenvalue weighted by Crippen LogP contribution is -2.46. The average molecular weight is 293 g/mol. The Morgan fingerprint density at radius 3 is 2.48 bits per heavy atom. The molecule has 0 aromatic heterocycles. The number of nitrogens with one attached hydrogen (secondary N) is 1. The summed E-state index contributed by atoms with van der Waals surface area (Å²) >= 11 is 0. The molecule has 118 valence electrons. The van der Waals surface area contributed by atoms with Crippen molar-refractivity contribution in [3.63, 3.8) is 0 Å².